The molecular formula is C13H19BrFNO. The zero-order valence-electron chi connectivity index (χ0n) is 10.5. The number of nitrogens with one attached hydrogen (secondary N) is 1. The van der Waals surface area contributed by atoms with Gasteiger partial charge in [0, 0.05) is 10.9 Å². The lowest BCUT2D eigenvalue weighted by molar-refractivity contribution is -0.0943. The summed E-state index contributed by atoms with van der Waals surface area (Å²) in [6, 6.07) is 7.79. The van der Waals surface area contributed by atoms with Crippen LogP contribution in [-0.4, -0.2) is 19.4 Å². The smallest absolute Gasteiger partial charge is 0.114 e. The summed E-state index contributed by atoms with van der Waals surface area (Å²) in [5, 5.41) is 3.06. The summed E-state index contributed by atoms with van der Waals surface area (Å²) < 4.78 is 19.5. The minimum atomic E-state index is -0.465. The lowest BCUT2D eigenvalue weighted by Gasteiger charge is -2.30. The van der Waals surface area contributed by atoms with Crippen LogP contribution < -0.4 is 5.32 Å². The van der Waals surface area contributed by atoms with Crippen molar-refractivity contribution in [3.05, 3.63) is 34.3 Å². The average Bonchev–Trinajstić information content (AvgIpc) is 2.29. The van der Waals surface area contributed by atoms with E-state index in [-0.39, 0.29) is 12.8 Å². The third kappa shape index (κ3) is 4.74. The minimum absolute atomic E-state index is 0.226. The minimum Gasteiger partial charge on any atom is -0.353 e. The average molecular weight is 304 g/mol. The topological polar surface area (TPSA) is 21.3 Å². The Balaban J connectivity index is 2.81. The van der Waals surface area contributed by atoms with E-state index < -0.39 is 5.72 Å². The number of halogens is 2. The Bertz CT molecular complexity index is 340. The molecule has 0 aliphatic heterocycles. The van der Waals surface area contributed by atoms with Gasteiger partial charge in [0.25, 0.3) is 0 Å². The van der Waals surface area contributed by atoms with Crippen molar-refractivity contribution < 1.29 is 9.13 Å². The van der Waals surface area contributed by atoms with Crippen LogP contribution in [0.1, 0.15) is 31.9 Å². The molecule has 1 aromatic rings. The van der Waals surface area contributed by atoms with Gasteiger partial charge in [0.1, 0.15) is 5.72 Å². The van der Waals surface area contributed by atoms with Crippen LogP contribution >= 0.6 is 15.9 Å². The van der Waals surface area contributed by atoms with Gasteiger partial charge in [-0.05, 0) is 38.6 Å². The van der Waals surface area contributed by atoms with Crippen molar-refractivity contribution in [3.8, 4) is 0 Å². The first-order chi connectivity index (χ1) is 7.98. The van der Waals surface area contributed by atoms with Gasteiger partial charge in [0.05, 0.1) is 12.8 Å². The quantitative estimate of drug-likeness (QED) is 0.807. The van der Waals surface area contributed by atoms with Gasteiger partial charge in [-0.25, -0.2) is 0 Å². The molecular weight excluding hydrogens is 285 g/mol. The third-order valence-corrected chi connectivity index (χ3v) is 3.18. The van der Waals surface area contributed by atoms with E-state index in [2.05, 4.69) is 21.2 Å². The summed E-state index contributed by atoms with van der Waals surface area (Å²) in [6.45, 7) is 3.47. The molecule has 0 aliphatic carbocycles. The Morgan fingerprint density at radius 1 is 1.35 bits per heavy atom. The second-order valence-electron chi connectivity index (χ2n) is 4.40. The molecule has 1 unspecified atom stereocenters. The van der Waals surface area contributed by atoms with Crippen molar-refractivity contribution in [2.45, 2.75) is 32.1 Å². The second-order valence-corrected chi connectivity index (χ2v) is 5.31. The molecule has 0 aromatic heterocycles. The highest BCUT2D eigenvalue weighted by atomic mass is 79.9. The van der Waals surface area contributed by atoms with Crippen LogP contribution in [0.25, 0.3) is 0 Å². The maximum Gasteiger partial charge on any atom is 0.114 e. The molecule has 0 radical (unpaired) electrons. The first-order valence-electron chi connectivity index (χ1n) is 5.66. The molecule has 17 heavy (non-hydrogen) atoms. The number of benzene rings is 1. The van der Waals surface area contributed by atoms with E-state index in [0.29, 0.717) is 6.42 Å². The highest BCUT2D eigenvalue weighted by molar-refractivity contribution is 9.10. The molecule has 1 rings (SSSR count). The molecule has 0 fully saturated rings. The van der Waals surface area contributed by atoms with Crippen LogP contribution in [0.5, 0.6) is 0 Å². The van der Waals surface area contributed by atoms with E-state index in [9.17, 15) is 4.39 Å². The van der Waals surface area contributed by atoms with E-state index in [1.54, 1.807) is 0 Å². The molecule has 1 atom stereocenters. The van der Waals surface area contributed by atoms with Crippen molar-refractivity contribution in [2.75, 3.05) is 13.7 Å². The van der Waals surface area contributed by atoms with Crippen LogP contribution in [0, 0.1) is 0 Å². The van der Waals surface area contributed by atoms with E-state index in [4.69, 9.17) is 4.74 Å². The molecule has 1 N–H and O–H groups in total. The number of hydrogen-bond donors (Lipinski definition) is 1. The predicted molar refractivity (Wildman–Crippen MR) is 71.7 cm³/mol. The van der Waals surface area contributed by atoms with Crippen LogP contribution in [0.15, 0.2) is 28.7 Å². The SMILES string of the molecule is CNC(C)(C)OC(CCF)c1ccc(Br)cc1. The van der Waals surface area contributed by atoms with Gasteiger partial charge in [0.15, 0.2) is 0 Å². The maximum absolute atomic E-state index is 12.6. The molecule has 96 valence electrons. The standard InChI is InChI=1S/C13H19BrFNO/c1-13(2,16-3)17-12(8-9-15)10-4-6-11(14)7-5-10/h4-7,12,16H,8-9H2,1-3H3. The number of alkyl halides is 1. The van der Waals surface area contributed by atoms with Crippen LogP contribution in [-0.2, 0) is 4.74 Å². The molecule has 0 bridgehead atoms. The number of hydrogen-bond acceptors (Lipinski definition) is 2. The molecule has 0 heterocycles. The first kappa shape index (κ1) is 14.6. The largest absolute Gasteiger partial charge is 0.353 e. The van der Waals surface area contributed by atoms with Crippen LogP contribution in [0.4, 0.5) is 4.39 Å². The number of rotatable bonds is 6. The molecule has 0 spiro atoms. The van der Waals surface area contributed by atoms with Crippen molar-refractivity contribution in [1.82, 2.24) is 5.32 Å². The molecule has 0 saturated heterocycles. The van der Waals surface area contributed by atoms with Crippen molar-refractivity contribution in [2.24, 2.45) is 0 Å². The molecule has 0 saturated carbocycles. The Hall–Kier alpha value is -0.450. The van der Waals surface area contributed by atoms with Crippen molar-refractivity contribution >= 4 is 15.9 Å². The Kier molecular flexibility index (Phi) is 5.56. The summed E-state index contributed by atoms with van der Waals surface area (Å²) in [5.41, 5.74) is 0.529. The lowest BCUT2D eigenvalue weighted by atomic mass is 10.1. The van der Waals surface area contributed by atoms with Gasteiger partial charge in [-0.15, -0.1) is 0 Å². The fraction of sp³-hybridized carbons (Fsp3) is 0.538. The van der Waals surface area contributed by atoms with Gasteiger partial charge in [0.2, 0.25) is 0 Å². The van der Waals surface area contributed by atoms with E-state index >= 15 is 0 Å². The summed E-state index contributed by atoms with van der Waals surface area (Å²) in [4.78, 5) is 0. The van der Waals surface area contributed by atoms with Crippen molar-refractivity contribution in [1.29, 1.82) is 0 Å². The normalized spacial score (nSPS) is 13.7. The highest BCUT2D eigenvalue weighted by Crippen LogP contribution is 2.27. The Morgan fingerprint density at radius 3 is 2.41 bits per heavy atom. The second kappa shape index (κ2) is 6.47. The van der Waals surface area contributed by atoms with Gasteiger partial charge in [-0.3, -0.25) is 9.71 Å². The monoisotopic (exact) mass is 303 g/mol. The maximum atomic E-state index is 12.6. The molecule has 4 heteroatoms. The fourth-order valence-electron chi connectivity index (χ4n) is 1.48. The predicted octanol–water partition coefficient (Wildman–Crippen LogP) is 3.82. The Labute approximate surface area is 111 Å². The van der Waals surface area contributed by atoms with Crippen molar-refractivity contribution in [3.63, 3.8) is 0 Å². The molecule has 0 amide bonds. The summed E-state index contributed by atoms with van der Waals surface area (Å²) in [6.07, 6.45) is 0.141. The van der Waals surface area contributed by atoms with Gasteiger partial charge in [-0.1, -0.05) is 28.1 Å². The van der Waals surface area contributed by atoms with Crippen LogP contribution in [0.3, 0.4) is 0 Å². The summed E-state index contributed by atoms with van der Waals surface area (Å²) in [5.74, 6) is 0. The zero-order chi connectivity index (χ0) is 12.9. The summed E-state index contributed by atoms with van der Waals surface area (Å²) in [7, 11) is 1.83. The Morgan fingerprint density at radius 2 is 1.94 bits per heavy atom. The summed E-state index contributed by atoms with van der Waals surface area (Å²) >= 11 is 3.38. The van der Waals surface area contributed by atoms with Gasteiger partial charge < -0.3 is 4.74 Å². The van der Waals surface area contributed by atoms with Gasteiger partial charge in [-0.2, -0.15) is 0 Å². The highest BCUT2D eigenvalue weighted by Gasteiger charge is 2.22. The molecule has 0 aliphatic rings. The molecule has 2 nitrogen and oxygen atoms in total. The first-order valence-corrected chi connectivity index (χ1v) is 6.46. The van der Waals surface area contributed by atoms with Crippen LogP contribution in [0.2, 0.25) is 0 Å². The van der Waals surface area contributed by atoms with E-state index in [1.807, 2.05) is 45.2 Å². The lowest BCUT2D eigenvalue weighted by Crippen LogP contribution is -2.40. The van der Waals surface area contributed by atoms with Gasteiger partial charge >= 0.3 is 0 Å². The number of ether oxygens (including phenoxy) is 1. The van der Waals surface area contributed by atoms with E-state index in [0.717, 1.165) is 10.0 Å². The van der Waals surface area contributed by atoms with E-state index in [1.165, 1.54) is 0 Å². The third-order valence-electron chi connectivity index (χ3n) is 2.65. The zero-order valence-corrected chi connectivity index (χ0v) is 12.1. The molecule has 1 aromatic carbocycles. The fourth-order valence-corrected chi connectivity index (χ4v) is 1.75.